The predicted molar refractivity (Wildman–Crippen MR) is 47.3 cm³/mol. The lowest BCUT2D eigenvalue weighted by Crippen LogP contribution is -2.34. The Bertz CT molecular complexity index is 166. The van der Waals surface area contributed by atoms with Crippen LogP contribution in [0.1, 0.15) is 27.7 Å². The minimum atomic E-state index is -0.343. The van der Waals surface area contributed by atoms with E-state index in [2.05, 4.69) is 0 Å². The highest BCUT2D eigenvalue weighted by molar-refractivity contribution is 5.94. The average Bonchev–Trinajstić information content (AvgIpc) is 1.84. The van der Waals surface area contributed by atoms with Gasteiger partial charge in [0, 0.05) is 0 Å². The van der Waals surface area contributed by atoms with E-state index >= 15 is 0 Å². The number of ketones is 1. The van der Waals surface area contributed by atoms with Crippen LogP contribution in [-0.4, -0.2) is 11.8 Å². The smallest absolute Gasteiger partial charge is 0.172 e. The molecule has 64 valence electrons. The van der Waals surface area contributed by atoms with E-state index in [9.17, 15) is 4.79 Å². The molecule has 0 aromatic heterocycles. The van der Waals surface area contributed by atoms with Gasteiger partial charge >= 0.3 is 0 Å². The van der Waals surface area contributed by atoms with Crippen molar-refractivity contribution in [2.45, 2.75) is 33.7 Å². The fraction of sp³-hybridized carbons (Fsp3) is 0.667. The summed E-state index contributed by atoms with van der Waals surface area (Å²) in [5.41, 5.74) is 6.62. The Labute approximate surface area is 68.5 Å². The first kappa shape index (κ1) is 10.4. The summed E-state index contributed by atoms with van der Waals surface area (Å²) in [6.07, 6.45) is 1.60. The first-order valence-corrected chi connectivity index (χ1v) is 3.89. The van der Waals surface area contributed by atoms with Crippen molar-refractivity contribution in [1.82, 2.24) is 0 Å². The minimum absolute atomic E-state index is 0.0278. The third-order valence-electron chi connectivity index (χ3n) is 1.48. The largest absolute Gasteiger partial charge is 0.321 e. The Morgan fingerprint density at radius 2 is 1.82 bits per heavy atom. The van der Waals surface area contributed by atoms with Gasteiger partial charge in [0.05, 0.1) is 6.04 Å². The normalized spacial score (nSPS) is 12.9. The van der Waals surface area contributed by atoms with Gasteiger partial charge in [0.1, 0.15) is 0 Å². The van der Waals surface area contributed by atoms with Crippen LogP contribution in [0.4, 0.5) is 0 Å². The molecule has 0 saturated carbocycles. The molecular weight excluding hydrogens is 138 g/mol. The fourth-order valence-corrected chi connectivity index (χ4v) is 0.709. The maximum absolute atomic E-state index is 11.2. The standard InChI is InChI=1S/C9H17NO/c1-6(2)5-8(11)9(10)7(3)4/h5,7,9H,10H2,1-4H3. The number of hydrogen-bond donors (Lipinski definition) is 1. The van der Waals surface area contributed by atoms with Crippen LogP contribution in [0.5, 0.6) is 0 Å². The van der Waals surface area contributed by atoms with Crippen LogP contribution < -0.4 is 5.73 Å². The molecule has 0 amide bonds. The summed E-state index contributed by atoms with van der Waals surface area (Å²) in [7, 11) is 0. The fourth-order valence-electron chi connectivity index (χ4n) is 0.709. The summed E-state index contributed by atoms with van der Waals surface area (Å²) >= 11 is 0. The van der Waals surface area contributed by atoms with Crippen LogP contribution in [0.2, 0.25) is 0 Å². The molecule has 0 aliphatic rings. The molecule has 0 fully saturated rings. The van der Waals surface area contributed by atoms with E-state index in [1.165, 1.54) is 0 Å². The Hall–Kier alpha value is -0.630. The van der Waals surface area contributed by atoms with E-state index in [4.69, 9.17) is 5.73 Å². The second kappa shape index (κ2) is 4.29. The first-order valence-electron chi connectivity index (χ1n) is 3.89. The van der Waals surface area contributed by atoms with Crippen LogP contribution in [0.15, 0.2) is 11.6 Å². The molecule has 0 saturated heterocycles. The molecule has 0 aromatic rings. The molecule has 1 atom stereocenters. The summed E-state index contributed by atoms with van der Waals surface area (Å²) in [4.78, 5) is 11.2. The zero-order chi connectivity index (χ0) is 9.02. The van der Waals surface area contributed by atoms with Gasteiger partial charge in [0.2, 0.25) is 0 Å². The molecule has 0 spiro atoms. The monoisotopic (exact) mass is 155 g/mol. The zero-order valence-electron chi connectivity index (χ0n) is 7.72. The highest BCUT2D eigenvalue weighted by Gasteiger charge is 2.13. The van der Waals surface area contributed by atoms with Crippen molar-refractivity contribution in [1.29, 1.82) is 0 Å². The Morgan fingerprint density at radius 1 is 1.36 bits per heavy atom. The zero-order valence-corrected chi connectivity index (χ0v) is 7.72. The molecule has 0 bridgehead atoms. The minimum Gasteiger partial charge on any atom is -0.321 e. The van der Waals surface area contributed by atoms with E-state index in [0.29, 0.717) is 0 Å². The van der Waals surface area contributed by atoms with Gasteiger partial charge in [-0.15, -0.1) is 0 Å². The molecule has 0 radical (unpaired) electrons. The number of nitrogens with two attached hydrogens (primary N) is 1. The average molecular weight is 155 g/mol. The molecule has 2 N–H and O–H groups in total. The topological polar surface area (TPSA) is 43.1 Å². The van der Waals surface area contributed by atoms with Gasteiger partial charge in [-0.3, -0.25) is 4.79 Å². The van der Waals surface area contributed by atoms with E-state index in [1.807, 2.05) is 27.7 Å². The summed E-state index contributed by atoms with van der Waals surface area (Å²) < 4.78 is 0. The molecule has 2 nitrogen and oxygen atoms in total. The number of hydrogen-bond acceptors (Lipinski definition) is 2. The van der Waals surface area contributed by atoms with Gasteiger partial charge in [-0.05, 0) is 25.8 Å². The maximum atomic E-state index is 11.2. The SMILES string of the molecule is CC(C)=CC(=O)C(N)C(C)C. The van der Waals surface area contributed by atoms with Gasteiger partial charge < -0.3 is 5.73 Å². The van der Waals surface area contributed by atoms with Crippen molar-refractivity contribution in [3.8, 4) is 0 Å². The quantitative estimate of drug-likeness (QED) is 0.628. The lowest BCUT2D eigenvalue weighted by atomic mass is 10.00. The molecule has 0 heterocycles. The molecule has 11 heavy (non-hydrogen) atoms. The maximum Gasteiger partial charge on any atom is 0.172 e. The van der Waals surface area contributed by atoms with Crippen LogP contribution in [0.25, 0.3) is 0 Å². The third kappa shape index (κ3) is 3.94. The van der Waals surface area contributed by atoms with Gasteiger partial charge in [0.25, 0.3) is 0 Å². The van der Waals surface area contributed by atoms with Gasteiger partial charge in [-0.1, -0.05) is 19.4 Å². The highest BCUT2D eigenvalue weighted by atomic mass is 16.1. The van der Waals surface area contributed by atoms with Crippen LogP contribution in [0, 0.1) is 5.92 Å². The Morgan fingerprint density at radius 3 is 2.09 bits per heavy atom. The van der Waals surface area contributed by atoms with Crippen molar-refractivity contribution >= 4 is 5.78 Å². The van der Waals surface area contributed by atoms with Crippen molar-refractivity contribution in [3.63, 3.8) is 0 Å². The predicted octanol–water partition coefficient (Wildman–Crippen LogP) is 1.50. The van der Waals surface area contributed by atoms with Crippen LogP contribution in [0.3, 0.4) is 0 Å². The van der Waals surface area contributed by atoms with Crippen molar-refractivity contribution in [3.05, 3.63) is 11.6 Å². The van der Waals surface area contributed by atoms with Crippen molar-refractivity contribution in [2.75, 3.05) is 0 Å². The first-order chi connectivity index (χ1) is 4.95. The molecule has 0 aromatic carbocycles. The van der Waals surface area contributed by atoms with E-state index in [0.717, 1.165) is 5.57 Å². The van der Waals surface area contributed by atoms with E-state index < -0.39 is 0 Å². The van der Waals surface area contributed by atoms with Gasteiger partial charge in [0.15, 0.2) is 5.78 Å². The number of carbonyl (C=O) groups is 1. The molecule has 0 aliphatic carbocycles. The summed E-state index contributed by atoms with van der Waals surface area (Å²) in [5.74, 6) is 0.248. The summed E-state index contributed by atoms with van der Waals surface area (Å²) in [5, 5.41) is 0. The third-order valence-corrected chi connectivity index (χ3v) is 1.48. The molecule has 0 rings (SSSR count). The van der Waals surface area contributed by atoms with Crippen molar-refractivity contribution < 1.29 is 4.79 Å². The summed E-state index contributed by atoms with van der Waals surface area (Å²) in [6, 6.07) is -0.343. The lowest BCUT2D eigenvalue weighted by Gasteiger charge is -2.11. The van der Waals surface area contributed by atoms with Crippen molar-refractivity contribution in [2.24, 2.45) is 11.7 Å². The molecule has 2 heteroatoms. The van der Waals surface area contributed by atoms with E-state index in [-0.39, 0.29) is 17.7 Å². The van der Waals surface area contributed by atoms with Crippen LogP contribution >= 0.6 is 0 Å². The van der Waals surface area contributed by atoms with Crippen LogP contribution in [-0.2, 0) is 4.79 Å². The van der Waals surface area contributed by atoms with Gasteiger partial charge in [-0.25, -0.2) is 0 Å². The van der Waals surface area contributed by atoms with Gasteiger partial charge in [-0.2, -0.15) is 0 Å². The highest BCUT2D eigenvalue weighted by Crippen LogP contribution is 2.01. The number of carbonyl (C=O) groups excluding carboxylic acids is 1. The Balaban J connectivity index is 4.15. The molecular formula is C9H17NO. The molecule has 1 unspecified atom stereocenters. The van der Waals surface area contributed by atoms with E-state index in [1.54, 1.807) is 6.08 Å². The Kier molecular flexibility index (Phi) is 4.04. The lowest BCUT2D eigenvalue weighted by molar-refractivity contribution is -0.116. The molecule has 0 aliphatic heterocycles. The number of allylic oxidation sites excluding steroid dienone is 1. The second-order valence-electron chi connectivity index (χ2n) is 3.39. The second-order valence-corrected chi connectivity index (χ2v) is 3.39. The summed E-state index contributed by atoms with van der Waals surface area (Å²) in [6.45, 7) is 7.68. The number of rotatable bonds is 3.